The summed E-state index contributed by atoms with van der Waals surface area (Å²) in [7, 11) is 0. The van der Waals surface area contributed by atoms with E-state index in [2.05, 4.69) is 38.2 Å². The summed E-state index contributed by atoms with van der Waals surface area (Å²) >= 11 is 6.38. The van der Waals surface area contributed by atoms with Crippen LogP contribution in [0.1, 0.15) is 44.3 Å². The van der Waals surface area contributed by atoms with Gasteiger partial charge in [0.25, 0.3) is 5.91 Å². The van der Waals surface area contributed by atoms with Crippen molar-refractivity contribution in [1.29, 1.82) is 0 Å². The molecule has 3 aromatic rings. The molecular formula is C24H23ClN2O. The quantitative estimate of drug-likeness (QED) is 0.589. The van der Waals surface area contributed by atoms with Gasteiger partial charge in [-0.2, -0.15) is 0 Å². The number of hydrogen-bond donors (Lipinski definition) is 1. The molecule has 1 heterocycles. The zero-order chi connectivity index (χ0) is 19.8. The maximum absolute atomic E-state index is 13.2. The maximum atomic E-state index is 13.2. The van der Waals surface area contributed by atoms with E-state index in [1.165, 1.54) is 16.7 Å². The second-order valence-electron chi connectivity index (χ2n) is 7.43. The van der Waals surface area contributed by atoms with Crippen molar-refractivity contribution in [1.82, 2.24) is 4.90 Å². The van der Waals surface area contributed by atoms with E-state index in [1.54, 1.807) is 0 Å². The van der Waals surface area contributed by atoms with Crippen LogP contribution >= 0.6 is 11.6 Å². The summed E-state index contributed by atoms with van der Waals surface area (Å²) in [4.78, 5) is 15.0. The normalized spacial score (nSPS) is 15.6. The van der Waals surface area contributed by atoms with Gasteiger partial charge in [0.05, 0.1) is 0 Å². The first-order chi connectivity index (χ1) is 13.5. The number of amides is 1. The van der Waals surface area contributed by atoms with Crippen molar-refractivity contribution >= 4 is 23.2 Å². The van der Waals surface area contributed by atoms with Gasteiger partial charge in [-0.15, -0.1) is 0 Å². The van der Waals surface area contributed by atoms with Gasteiger partial charge >= 0.3 is 0 Å². The number of nitrogens with one attached hydrogen (secondary N) is 1. The largest absolute Gasteiger partial charge is 0.361 e. The van der Waals surface area contributed by atoms with Gasteiger partial charge in [0.2, 0.25) is 0 Å². The van der Waals surface area contributed by atoms with Gasteiger partial charge in [-0.3, -0.25) is 4.79 Å². The van der Waals surface area contributed by atoms with Gasteiger partial charge in [-0.25, -0.2) is 0 Å². The van der Waals surface area contributed by atoms with Gasteiger partial charge in [0.15, 0.2) is 0 Å². The van der Waals surface area contributed by atoms with E-state index in [-0.39, 0.29) is 12.1 Å². The smallest absolute Gasteiger partial charge is 0.256 e. The summed E-state index contributed by atoms with van der Waals surface area (Å²) < 4.78 is 0. The van der Waals surface area contributed by atoms with E-state index in [1.807, 2.05) is 53.4 Å². The number of hydrogen-bond acceptors (Lipinski definition) is 2. The van der Waals surface area contributed by atoms with Gasteiger partial charge in [-0.1, -0.05) is 65.7 Å². The second kappa shape index (κ2) is 7.33. The molecule has 3 aromatic carbocycles. The van der Waals surface area contributed by atoms with Gasteiger partial charge in [0, 0.05) is 28.4 Å². The van der Waals surface area contributed by atoms with Crippen LogP contribution in [0.4, 0.5) is 5.69 Å². The van der Waals surface area contributed by atoms with Crippen molar-refractivity contribution in [3.05, 3.63) is 99.1 Å². The Hall–Kier alpha value is -2.78. The molecule has 28 heavy (non-hydrogen) atoms. The molecule has 1 N–H and O–H groups in total. The number of halogens is 1. The van der Waals surface area contributed by atoms with Crippen molar-refractivity contribution < 1.29 is 4.79 Å². The first kappa shape index (κ1) is 18.6. The number of benzene rings is 3. The molecular weight excluding hydrogens is 368 g/mol. The Morgan fingerprint density at radius 1 is 0.964 bits per heavy atom. The highest BCUT2D eigenvalue weighted by molar-refractivity contribution is 6.31. The first-order valence-electron chi connectivity index (χ1n) is 9.43. The number of carbonyl (C=O) groups is 1. The van der Waals surface area contributed by atoms with Crippen molar-refractivity contribution in [3.63, 3.8) is 0 Å². The lowest BCUT2D eigenvalue weighted by atomic mass is 10.0. The number of carbonyl (C=O) groups excluding carboxylic acids is 1. The zero-order valence-electron chi connectivity index (χ0n) is 16.3. The molecule has 0 aliphatic carbocycles. The van der Waals surface area contributed by atoms with Crippen LogP contribution in [0.25, 0.3) is 0 Å². The number of rotatable bonds is 4. The van der Waals surface area contributed by atoms with Crippen LogP contribution in [0, 0.1) is 20.8 Å². The topological polar surface area (TPSA) is 32.3 Å². The minimum absolute atomic E-state index is 0.0236. The van der Waals surface area contributed by atoms with Crippen LogP contribution in [0.15, 0.2) is 60.7 Å². The maximum Gasteiger partial charge on any atom is 0.256 e. The third-order valence-corrected chi connectivity index (χ3v) is 5.68. The SMILES string of the molecule is Cc1cc(C)c(N[C@@H]2c3ccccc3C(=O)N2Cc2ccccc2Cl)c(C)c1. The number of aryl methyl sites for hydroxylation is 3. The fourth-order valence-corrected chi connectivity index (χ4v) is 4.24. The standard InChI is InChI=1S/C24H23ClN2O/c1-15-12-16(2)22(17(3)13-15)26-23-19-9-5-6-10-20(19)24(28)27(23)14-18-8-4-7-11-21(18)25/h4-13,23,26H,14H2,1-3H3/t23-/m0/s1. The van der Waals surface area contributed by atoms with Crippen molar-refractivity contribution in [2.75, 3.05) is 5.32 Å². The number of anilines is 1. The summed E-state index contributed by atoms with van der Waals surface area (Å²) in [5.41, 5.74) is 7.34. The summed E-state index contributed by atoms with van der Waals surface area (Å²) in [5.74, 6) is 0.0236. The molecule has 142 valence electrons. The highest BCUT2D eigenvalue weighted by Crippen LogP contribution is 2.37. The highest BCUT2D eigenvalue weighted by Gasteiger charge is 2.37. The van der Waals surface area contributed by atoms with Gasteiger partial charge in [0.1, 0.15) is 6.17 Å². The van der Waals surface area contributed by atoms with E-state index in [0.29, 0.717) is 11.6 Å². The van der Waals surface area contributed by atoms with Crippen LogP contribution in [0.3, 0.4) is 0 Å². The molecule has 1 aliphatic rings. The zero-order valence-corrected chi connectivity index (χ0v) is 17.0. The molecule has 0 aromatic heterocycles. The molecule has 0 fully saturated rings. The van der Waals surface area contributed by atoms with Crippen LogP contribution in [-0.4, -0.2) is 10.8 Å². The minimum Gasteiger partial charge on any atom is -0.361 e. The monoisotopic (exact) mass is 390 g/mol. The molecule has 0 radical (unpaired) electrons. The number of nitrogens with zero attached hydrogens (tertiary/aromatic N) is 1. The van der Waals surface area contributed by atoms with Crippen LogP contribution in [0.2, 0.25) is 5.02 Å². The third-order valence-electron chi connectivity index (χ3n) is 5.31. The van der Waals surface area contributed by atoms with E-state index < -0.39 is 0 Å². The lowest BCUT2D eigenvalue weighted by molar-refractivity contribution is 0.0728. The van der Waals surface area contributed by atoms with E-state index in [4.69, 9.17) is 11.6 Å². The molecule has 0 spiro atoms. The summed E-state index contributed by atoms with van der Waals surface area (Å²) in [5, 5.41) is 4.32. The molecule has 1 aliphatic heterocycles. The Labute approximate surface area is 171 Å². The summed E-state index contributed by atoms with van der Waals surface area (Å²) in [6, 6.07) is 19.8. The van der Waals surface area contributed by atoms with Crippen molar-refractivity contribution in [2.24, 2.45) is 0 Å². The van der Waals surface area contributed by atoms with Crippen molar-refractivity contribution in [2.45, 2.75) is 33.5 Å². The summed E-state index contributed by atoms with van der Waals surface area (Å²) in [6.45, 7) is 6.75. The molecule has 0 saturated heterocycles. The molecule has 0 unspecified atom stereocenters. The number of fused-ring (bicyclic) bond motifs is 1. The Morgan fingerprint density at radius 3 is 2.32 bits per heavy atom. The van der Waals surface area contributed by atoms with Crippen LogP contribution < -0.4 is 5.32 Å². The fraction of sp³-hybridized carbons (Fsp3) is 0.208. The highest BCUT2D eigenvalue weighted by atomic mass is 35.5. The average Bonchev–Trinajstić information content (AvgIpc) is 2.92. The molecule has 0 bridgehead atoms. The molecule has 0 saturated carbocycles. The Balaban J connectivity index is 1.75. The van der Waals surface area contributed by atoms with Crippen LogP contribution in [-0.2, 0) is 6.54 Å². The molecule has 1 atom stereocenters. The fourth-order valence-electron chi connectivity index (χ4n) is 4.04. The average molecular weight is 391 g/mol. The van der Waals surface area contributed by atoms with Crippen molar-refractivity contribution in [3.8, 4) is 0 Å². The third kappa shape index (κ3) is 3.27. The van der Waals surface area contributed by atoms with E-state index in [0.717, 1.165) is 22.4 Å². The molecule has 1 amide bonds. The molecule has 4 heteroatoms. The predicted octanol–water partition coefficient (Wildman–Crippen LogP) is 6.03. The molecule has 4 rings (SSSR count). The van der Waals surface area contributed by atoms with Gasteiger partial charge in [-0.05, 0) is 49.6 Å². The van der Waals surface area contributed by atoms with Crippen LogP contribution in [0.5, 0.6) is 0 Å². The molecule has 3 nitrogen and oxygen atoms in total. The van der Waals surface area contributed by atoms with Gasteiger partial charge < -0.3 is 10.2 Å². The lowest BCUT2D eigenvalue weighted by Crippen LogP contribution is -2.32. The van der Waals surface area contributed by atoms with E-state index >= 15 is 0 Å². The predicted molar refractivity (Wildman–Crippen MR) is 115 cm³/mol. The Bertz CT molecular complexity index is 1040. The van der Waals surface area contributed by atoms with E-state index in [9.17, 15) is 4.79 Å². The Morgan fingerprint density at radius 2 is 1.61 bits per heavy atom. The lowest BCUT2D eigenvalue weighted by Gasteiger charge is -2.29. The Kier molecular flexibility index (Phi) is 4.86. The first-order valence-corrected chi connectivity index (χ1v) is 9.81. The second-order valence-corrected chi connectivity index (χ2v) is 7.84. The minimum atomic E-state index is -0.236. The summed E-state index contributed by atoms with van der Waals surface area (Å²) in [6.07, 6.45) is -0.236.